The summed E-state index contributed by atoms with van der Waals surface area (Å²) in [5.41, 5.74) is 1.09. The molecule has 3 heterocycles. The highest BCUT2D eigenvalue weighted by Crippen LogP contribution is 2.29. The fourth-order valence-electron chi connectivity index (χ4n) is 3.97. The van der Waals surface area contributed by atoms with E-state index in [1.807, 2.05) is 0 Å². The van der Waals surface area contributed by atoms with Gasteiger partial charge in [0.2, 0.25) is 5.91 Å². The van der Waals surface area contributed by atoms with Gasteiger partial charge < -0.3 is 10.1 Å². The van der Waals surface area contributed by atoms with Gasteiger partial charge in [0, 0.05) is 28.5 Å². The molecule has 2 aromatic rings. The largest absolute Gasteiger partial charge is 0.376 e. The lowest BCUT2D eigenvalue weighted by Gasteiger charge is -2.22. The zero-order valence-electron chi connectivity index (χ0n) is 16.4. The number of nitrogens with zero attached hydrogens (tertiary/aromatic N) is 3. The maximum absolute atomic E-state index is 12.4. The summed E-state index contributed by atoms with van der Waals surface area (Å²) in [5.74, 6) is 1.34. The topological polar surface area (TPSA) is 69.0 Å². The van der Waals surface area contributed by atoms with Crippen LogP contribution in [0.15, 0.2) is 16.6 Å². The maximum atomic E-state index is 12.4. The van der Waals surface area contributed by atoms with Crippen molar-refractivity contribution >= 4 is 29.0 Å². The monoisotopic (exact) mass is 420 g/mol. The van der Waals surface area contributed by atoms with Gasteiger partial charge in [-0.1, -0.05) is 31.0 Å². The molecule has 2 aliphatic rings. The van der Waals surface area contributed by atoms with Crippen LogP contribution in [0.25, 0.3) is 11.4 Å². The predicted octanol–water partition coefficient (Wildman–Crippen LogP) is 4.04. The number of hydrogen-bond donors (Lipinski definition) is 1. The number of hydrogen-bond acceptors (Lipinski definition) is 6. The molecule has 152 valence electrons. The minimum Gasteiger partial charge on any atom is -0.376 e. The van der Waals surface area contributed by atoms with E-state index in [0.717, 1.165) is 55.4 Å². The van der Waals surface area contributed by atoms with Gasteiger partial charge in [-0.3, -0.25) is 9.36 Å². The Morgan fingerprint density at radius 1 is 1.29 bits per heavy atom. The molecule has 1 amide bonds. The summed E-state index contributed by atoms with van der Waals surface area (Å²) in [4.78, 5) is 13.7. The van der Waals surface area contributed by atoms with Crippen LogP contribution in [0.5, 0.6) is 0 Å². The van der Waals surface area contributed by atoms with Gasteiger partial charge in [0.15, 0.2) is 11.0 Å². The highest BCUT2D eigenvalue weighted by atomic mass is 32.2. The lowest BCUT2D eigenvalue weighted by molar-refractivity contribution is -0.119. The first kappa shape index (κ1) is 19.9. The molecule has 1 aliphatic carbocycles. The van der Waals surface area contributed by atoms with Crippen molar-refractivity contribution in [1.29, 1.82) is 0 Å². The van der Waals surface area contributed by atoms with Gasteiger partial charge in [0.1, 0.15) is 0 Å². The molecule has 2 aromatic heterocycles. The van der Waals surface area contributed by atoms with E-state index in [1.165, 1.54) is 35.9 Å². The molecule has 1 unspecified atom stereocenters. The molecule has 1 saturated heterocycles. The van der Waals surface area contributed by atoms with E-state index in [0.29, 0.717) is 11.8 Å². The number of rotatable bonds is 7. The standard InChI is InChI=1S/C20H28N4O2S2/c1-14-10-15(12-27-14)19-22-23-20(24(19)11-17-8-5-9-26-17)28-13-18(25)21-16-6-3-2-4-7-16/h10,12,16-17H,2-9,11,13H2,1H3,(H,21,25). The van der Waals surface area contributed by atoms with E-state index in [1.54, 1.807) is 11.3 Å². The fraction of sp³-hybridized carbons (Fsp3) is 0.650. The second kappa shape index (κ2) is 9.41. The number of thiophene rings is 1. The number of amides is 1. The summed E-state index contributed by atoms with van der Waals surface area (Å²) in [7, 11) is 0. The van der Waals surface area contributed by atoms with Gasteiger partial charge in [-0.15, -0.1) is 21.5 Å². The zero-order chi connectivity index (χ0) is 19.3. The van der Waals surface area contributed by atoms with Crippen LogP contribution in [0.2, 0.25) is 0 Å². The summed E-state index contributed by atoms with van der Waals surface area (Å²) < 4.78 is 7.98. The normalized spacial score (nSPS) is 20.5. The molecule has 1 aliphatic heterocycles. The fourth-order valence-corrected chi connectivity index (χ4v) is 5.41. The van der Waals surface area contributed by atoms with Gasteiger partial charge in [-0.25, -0.2) is 0 Å². The van der Waals surface area contributed by atoms with Crippen molar-refractivity contribution in [2.45, 2.75) is 75.7 Å². The lowest BCUT2D eigenvalue weighted by atomic mass is 9.95. The Hall–Kier alpha value is -1.38. The molecular formula is C20H28N4O2S2. The second-order valence-electron chi connectivity index (χ2n) is 7.69. The van der Waals surface area contributed by atoms with Crippen molar-refractivity contribution in [2.75, 3.05) is 12.4 Å². The van der Waals surface area contributed by atoms with E-state index < -0.39 is 0 Å². The number of ether oxygens (including phenoxy) is 1. The Kier molecular flexibility index (Phi) is 6.69. The van der Waals surface area contributed by atoms with Crippen molar-refractivity contribution in [3.05, 3.63) is 16.3 Å². The van der Waals surface area contributed by atoms with Gasteiger partial charge in [0.05, 0.1) is 18.4 Å². The van der Waals surface area contributed by atoms with Crippen molar-refractivity contribution in [1.82, 2.24) is 20.1 Å². The number of thioether (sulfide) groups is 1. The summed E-state index contributed by atoms with van der Waals surface area (Å²) in [6.45, 7) is 3.66. The third-order valence-electron chi connectivity index (χ3n) is 5.42. The summed E-state index contributed by atoms with van der Waals surface area (Å²) in [6, 6.07) is 2.49. The Morgan fingerprint density at radius 3 is 2.86 bits per heavy atom. The number of carbonyl (C=O) groups excluding carboxylic acids is 1. The first-order valence-corrected chi connectivity index (χ1v) is 12.1. The number of aromatic nitrogens is 3. The highest BCUT2D eigenvalue weighted by Gasteiger charge is 2.23. The highest BCUT2D eigenvalue weighted by molar-refractivity contribution is 7.99. The quantitative estimate of drug-likeness (QED) is 0.685. The molecule has 0 spiro atoms. The molecule has 0 radical (unpaired) electrons. The minimum absolute atomic E-state index is 0.0940. The van der Waals surface area contributed by atoms with Gasteiger partial charge in [-0.2, -0.15) is 0 Å². The van der Waals surface area contributed by atoms with Crippen molar-refractivity contribution in [3.63, 3.8) is 0 Å². The SMILES string of the molecule is Cc1cc(-c2nnc(SCC(=O)NC3CCCCC3)n2CC2CCCO2)cs1. The molecule has 8 heteroatoms. The van der Waals surface area contributed by atoms with E-state index in [9.17, 15) is 4.79 Å². The first-order chi connectivity index (χ1) is 13.7. The van der Waals surface area contributed by atoms with Gasteiger partial charge in [-0.05, 0) is 38.7 Å². The molecule has 0 aromatic carbocycles. The smallest absolute Gasteiger partial charge is 0.230 e. The number of aryl methyl sites for hydroxylation is 1. The van der Waals surface area contributed by atoms with Crippen LogP contribution in [0.4, 0.5) is 0 Å². The Balaban J connectivity index is 1.44. The van der Waals surface area contributed by atoms with E-state index >= 15 is 0 Å². The van der Waals surface area contributed by atoms with Gasteiger partial charge in [0.25, 0.3) is 0 Å². The van der Waals surface area contributed by atoms with E-state index in [-0.39, 0.29) is 12.0 Å². The van der Waals surface area contributed by atoms with Crippen LogP contribution >= 0.6 is 23.1 Å². The second-order valence-corrected chi connectivity index (χ2v) is 9.75. The van der Waals surface area contributed by atoms with Crippen LogP contribution in [0.1, 0.15) is 49.8 Å². The van der Waals surface area contributed by atoms with Gasteiger partial charge >= 0.3 is 0 Å². The minimum atomic E-state index is 0.0940. The van der Waals surface area contributed by atoms with Crippen LogP contribution in [0, 0.1) is 6.92 Å². The Bertz CT molecular complexity index is 792. The molecule has 4 rings (SSSR count). The molecule has 1 atom stereocenters. The van der Waals surface area contributed by atoms with Crippen LogP contribution in [-0.4, -0.2) is 45.2 Å². The van der Waals surface area contributed by atoms with Crippen molar-refractivity contribution in [2.24, 2.45) is 0 Å². The molecule has 0 bridgehead atoms. The van der Waals surface area contributed by atoms with Crippen molar-refractivity contribution < 1.29 is 9.53 Å². The zero-order valence-corrected chi connectivity index (χ0v) is 18.0. The molecule has 2 fully saturated rings. The average Bonchev–Trinajstić information content (AvgIpc) is 3.43. The third kappa shape index (κ3) is 4.96. The number of nitrogens with one attached hydrogen (secondary N) is 1. The summed E-state index contributed by atoms with van der Waals surface area (Å²) >= 11 is 3.19. The van der Waals surface area contributed by atoms with Crippen LogP contribution in [0.3, 0.4) is 0 Å². The molecular weight excluding hydrogens is 392 g/mol. The van der Waals surface area contributed by atoms with Crippen LogP contribution < -0.4 is 5.32 Å². The summed E-state index contributed by atoms with van der Waals surface area (Å²) in [5, 5.41) is 15.0. The molecule has 1 N–H and O–H groups in total. The van der Waals surface area contributed by atoms with Crippen molar-refractivity contribution in [3.8, 4) is 11.4 Å². The molecule has 28 heavy (non-hydrogen) atoms. The first-order valence-electron chi connectivity index (χ1n) is 10.2. The summed E-state index contributed by atoms with van der Waals surface area (Å²) in [6.07, 6.45) is 8.30. The van der Waals surface area contributed by atoms with E-state index in [4.69, 9.17) is 4.74 Å². The third-order valence-corrected chi connectivity index (χ3v) is 7.25. The molecule has 1 saturated carbocycles. The van der Waals surface area contributed by atoms with E-state index in [2.05, 4.69) is 38.5 Å². The maximum Gasteiger partial charge on any atom is 0.230 e. The number of carbonyl (C=O) groups is 1. The lowest BCUT2D eigenvalue weighted by Crippen LogP contribution is -2.37. The molecule has 6 nitrogen and oxygen atoms in total. The Morgan fingerprint density at radius 2 is 2.14 bits per heavy atom. The predicted molar refractivity (Wildman–Crippen MR) is 113 cm³/mol. The average molecular weight is 421 g/mol. The Labute approximate surface area is 174 Å². The van der Waals surface area contributed by atoms with Crippen LogP contribution in [-0.2, 0) is 16.1 Å².